The van der Waals surface area contributed by atoms with Gasteiger partial charge in [-0.05, 0) is 48.5 Å². The molecule has 0 aliphatic carbocycles. The van der Waals surface area contributed by atoms with Crippen LogP contribution in [0.2, 0.25) is 0 Å². The van der Waals surface area contributed by atoms with Crippen molar-refractivity contribution in [3.8, 4) is 0 Å². The topological polar surface area (TPSA) is 12.0 Å². The molecule has 1 N–H and O–H groups in total. The molecule has 0 bridgehead atoms. The van der Waals surface area contributed by atoms with Crippen LogP contribution >= 0.6 is 15.9 Å². The SMILES string of the molecule is CCNCC(Cc1cccc(Br)c1)C(C)(C)C. The predicted octanol–water partition coefficient (Wildman–Crippen LogP) is 4.26. The van der Waals surface area contributed by atoms with Gasteiger partial charge in [-0.3, -0.25) is 0 Å². The Labute approximate surface area is 114 Å². The normalized spacial score (nSPS) is 13.7. The van der Waals surface area contributed by atoms with Crippen molar-refractivity contribution in [2.45, 2.75) is 34.1 Å². The van der Waals surface area contributed by atoms with Crippen LogP contribution in [-0.2, 0) is 6.42 Å². The van der Waals surface area contributed by atoms with E-state index in [9.17, 15) is 0 Å². The second kappa shape index (κ2) is 6.55. The summed E-state index contributed by atoms with van der Waals surface area (Å²) in [7, 11) is 0. The van der Waals surface area contributed by atoms with E-state index in [-0.39, 0.29) is 0 Å². The van der Waals surface area contributed by atoms with Gasteiger partial charge in [-0.2, -0.15) is 0 Å². The molecule has 0 saturated heterocycles. The summed E-state index contributed by atoms with van der Waals surface area (Å²) in [5.74, 6) is 0.664. The molecule has 0 aliphatic rings. The quantitative estimate of drug-likeness (QED) is 0.856. The van der Waals surface area contributed by atoms with Crippen LogP contribution in [0.1, 0.15) is 33.3 Å². The van der Waals surface area contributed by atoms with E-state index in [4.69, 9.17) is 0 Å². The maximum Gasteiger partial charge on any atom is 0.0177 e. The van der Waals surface area contributed by atoms with E-state index >= 15 is 0 Å². The van der Waals surface area contributed by atoms with Crippen molar-refractivity contribution in [3.05, 3.63) is 34.3 Å². The Hall–Kier alpha value is -0.340. The van der Waals surface area contributed by atoms with Crippen LogP contribution in [0.4, 0.5) is 0 Å². The van der Waals surface area contributed by atoms with Gasteiger partial charge in [0.25, 0.3) is 0 Å². The second-order valence-electron chi connectivity index (χ2n) is 5.70. The highest BCUT2D eigenvalue weighted by Gasteiger charge is 2.24. The molecule has 0 radical (unpaired) electrons. The van der Waals surface area contributed by atoms with Crippen LogP contribution in [0.3, 0.4) is 0 Å². The number of halogens is 1. The third-order valence-electron chi connectivity index (χ3n) is 3.24. The standard InChI is InChI=1S/C15H24BrN/c1-5-17-11-13(15(2,3)4)9-12-7-6-8-14(16)10-12/h6-8,10,13,17H,5,9,11H2,1-4H3. The molecular formula is C15H24BrN. The summed E-state index contributed by atoms with van der Waals surface area (Å²) in [5, 5.41) is 3.48. The van der Waals surface area contributed by atoms with Crippen LogP contribution in [-0.4, -0.2) is 13.1 Å². The van der Waals surface area contributed by atoms with Crippen LogP contribution in [0.5, 0.6) is 0 Å². The zero-order valence-corrected chi connectivity index (χ0v) is 13.0. The van der Waals surface area contributed by atoms with Gasteiger partial charge in [0, 0.05) is 4.47 Å². The van der Waals surface area contributed by atoms with Crippen LogP contribution in [0.15, 0.2) is 28.7 Å². The Bertz CT molecular complexity index is 341. The minimum absolute atomic E-state index is 0.338. The summed E-state index contributed by atoms with van der Waals surface area (Å²) in [5.41, 5.74) is 1.75. The maximum absolute atomic E-state index is 3.54. The first-order chi connectivity index (χ1) is 7.93. The summed E-state index contributed by atoms with van der Waals surface area (Å²) in [6, 6.07) is 8.65. The summed E-state index contributed by atoms with van der Waals surface area (Å²) >= 11 is 3.54. The summed E-state index contributed by atoms with van der Waals surface area (Å²) < 4.78 is 1.17. The summed E-state index contributed by atoms with van der Waals surface area (Å²) in [4.78, 5) is 0. The largest absolute Gasteiger partial charge is 0.317 e. The van der Waals surface area contributed by atoms with Gasteiger partial charge in [0.1, 0.15) is 0 Å². The average Bonchev–Trinajstić information content (AvgIpc) is 2.22. The molecule has 1 nitrogen and oxygen atoms in total. The maximum atomic E-state index is 3.54. The van der Waals surface area contributed by atoms with Gasteiger partial charge in [0.2, 0.25) is 0 Å². The Morgan fingerprint density at radius 2 is 2.00 bits per heavy atom. The highest BCUT2D eigenvalue weighted by atomic mass is 79.9. The van der Waals surface area contributed by atoms with Crippen molar-refractivity contribution in [2.75, 3.05) is 13.1 Å². The molecule has 0 aliphatic heterocycles. The Balaban J connectivity index is 2.72. The third kappa shape index (κ3) is 5.22. The number of benzene rings is 1. The van der Waals surface area contributed by atoms with Crippen LogP contribution in [0, 0.1) is 11.3 Å². The fourth-order valence-electron chi connectivity index (χ4n) is 1.95. The van der Waals surface area contributed by atoms with Crippen molar-refractivity contribution < 1.29 is 0 Å². The predicted molar refractivity (Wildman–Crippen MR) is 79.3 cm³/mol. The van der Waals surface area contributed by atoms with Gasteiger partial charge in [0.15, 0.2) is 0 Å². The molecule has 0 saturated carbocycles. The number of hydrogen-bond acceptors (Lipinski definition) is 1. The van der Waals surface area contributed by atoms with E-state index in [1.165, 1.54) is 10.0 Å². The molecule has 17 heavy (non-hydrogen) atoms. The van der Waals surface area contributed by atoms with E-state index < -0.39 is 0 Å². The fraction of sp³-hybridized carbons (Fsp3) is 0.600. The molecule has 1 aromatic rings. The Kier molecular flexibility index (Phi) is 5.68. The Morgan fingerprint density at radius 1 is 1.29 bits per heavy atom. The summed E-state index contributed by atoms with van der Waals surface area (Å²) in [6.07, 6.45) is 1.13. The minimum atomic E-state index is 0.338. The van der Waals surface area contributed by atoms with Gasteiger partial charge in [-0.1, -0.05) is 55.8 Å². The van der Waals surface area contributed by atoms with Crippen molar-refractivity contribution in [3.63, 3.8) is 0 Å². The van der Waals surface area contributed by atoms with E-state index in [1.807, 2.05) is 0 Å². The molecule has 1 atom stereocenters. The molecule has 0 amide bonds. The van der Waals surface area contributed by atoms with E-state index in [0.717, 1.165) is 19.5 Å². The smallest absolute Gasteiger partial charge is 0.0177 e. The molecule has 96 valence electrons. The monoisotopic (exact) mass is 297 g/mol. The van der Waals surface area contributed by atoms with Crippen molar-refractivity contribution >= 4 is 15.9 Å². The van der Waals surface area contributed by atoms with E-state index in [0.29, 0.717) is 11.3 Å². The highest BCUT2D eigenvalue weighted by Crippen LogP contribution is 2.29. The first-order valence-corrected chi connectivity index (χ1v) is 7.18. The minimum Gasteiger partial charge on any atom is -0.317 e. The molecule has 2 heteroatoms. The lowest BCUT2D eigenvalue weighted by atomic mass is 9.77. The highest BCUT2D eigenvalue weighted by molar-refractivity contribution is 9.10. The molecule has 1 rings (SSSR count). The lowest BCUT2D eigenvalue weighted by Crippen LogP contribution is -2.33. The summed E-state index contributed by atoms with van der Waals surface area (Å²) in [6.45, 7) is 11.3. The van der Waals surface area contributed by atoms with Gasteiger partial charge in [0.05, 0.1) is 0 Å². The van der Waals surface area contributed by atoms with Gasteiger partial charge in [-0.25, -0.2) is 0 Å². The lowest BCUT2D eigenvalue weighted by Gasteiger charge is -2.31. The average molecular weight is 298 g/mol. The van der Waals surface area contributed by atoms with Crippen LogP contribution in [0.25, 0.3) is 0 Å². The molecule has 0 aromatic heterocycles. The molecule has 0 heterocycles. The van der Waals surface area contributed by atoms with Crippen molar-refractivity contribution in [1.29, 1.82) is 0 Å². The van der Waals surface area contributed by atoms with Gasteiger partial charge in [-0.15, -0.1) is 0 Å². The second-order valence-corrected chi connectivity index (χ2v) is 6.62. The van der Waals surface area contributed by atoms with Crippen molar-refractivity contribution in [1.82, 2.24) is 5.32 Å². The molecular weight excluding hydrogens is 274 g/mol. The van der Waals surface area contributed by atoms with Gasteiger partial charge >= 0.3 is 0 Å². The lowest BCUT2D eigenvalue weighted by molar-refractivity contribution is 0.232. The zero-order valence-electron chi connectivity index (χ0n) is 11.4. The zero-order chi connectivity index (χ0) is 12.9. The van der Waals surface area contributed by atoms with E-state index in [2.05, 4.69) is 73.2 Å². The van der Waals surface area contributed by atoms with E-state index in [1.54, 1.807) is 0 Å². The van der Waals surface area contributed by atoms with Crippen molar-refractivity contribution in [2.24, 2.45) is 11.3 Å². The van der Waals surface area contributed by atoms with Gasteiger partial charge < -0.3 is 5.32 Å². The molecule has 0 spiro atoms. The first-order valence-electron chi connectivity index (χ1n) is 6.38. The van der Waals surface area contributed by atoms with Crippen LogP contribution < -0.4 is 5.32 Å². The third-order valence-corrected chi connectivity index (χ3v) is 3.73. The molecule has 1 aromatic carbocycles. The Morgan fingerprint density at radius 3 is 2.53 bits per heavy atom. The molecule has 0 fully saturated rings. The molecule has 1 unspecified atom stereocenters. The number of nitrogens with one attached hydrogen (secondary N) is 1. The fourth-order valence-corrected chi connectivity index (χ4v) is 2.40. The number of rotatable bonds is 5. The first kappa shape index (κ1) is 14.7. The number of hydrogen-bond donors (Lipinski definition) is 1.